The van der Waals surface area contributed by atoms with Crippen LogP contribution in [0.3, 0.4) is 0 Å². The first-order chi connectivity index (χ1) is 9.26. The van der Waals surface area contributed by atoms with Gasteiger partial charge in [0.2, 0.25) is 5.91 Å². The van der Waals surface area contributed by atoms with Gasteiger partial charge < -0.3 is 10.2 Å². The minimum atomic E-state index is 0.174. The maximum Gasteiger partial charge on any atom is 0.220 e. The number of nitrogens with zero attached hydrogens (tertiary/aromatic N) is 4. The first-order valence-corrected chi connectivity index (χ1v) is 6.53. The molecule has 0 spiro atoms. The molecule has 1 amide bonds. The molecule has 0 aliphatic carbocycles. The predicted molar refractivity (Wildman–Crippen MR) is 68.2 cm³/mol. The van der Waals surface area contributed by atoms with Gasteiger partial charge in [0.15, 0.2) is 5.69 Å². The highest BCUT2D eigenvalue weighted by Gasteiger charge is 2.34. The van der Waals surface area contributed by atoms with Crippen molar-refractivity contribution in [2.75, 3.05) is 18.0 Å². The molecule has 1 aromatic heterocycles. The number of fused-ring (bicyclic) bond motifs is 1. The molecule has 0 saturated carbocycles. The van der Waals surface area contributed by atoms with E-state index in [1.165, 1.54) is 6.20 Å². The van der Waals surface area contributed by atoms with Crippen LogP contribution in [0.1, 0.15) is 25.0 Å². The van der Waals surface area contributed by atoms with E-state index in [0.29, 0.717) is 24.1 Å². The summed E-state index contributed by atoms with van der Waals surface area (Å²) in [4.78, 5) is 21.9. The molecule has 2 fully saturated rings. The Morgan fingerprint density at radius 2 is 2.26 bits per heavy atom. The molecule has 2 aliphatic heterocycles. The molecule has 3 rings (SSSR count). The number of carbonyl (C=O) groups excluding carboxylic acids is 1. The molecule has 0 aromatic carbocycles. The van der Waals surface area contributed by atoms with Gasteiger partial charge in [-0.05, 0) is 18.8 Å². The molecule has 6 nitrogen and oxygen atoms in total. The van der Waals surface area contributed by atoms with Crippen LogP contribution in [0.5, 0.6) is 0 Å². The quantitative estimate of drug-likeness (QED) is 0.790. The van der Waals surface area contributed by atoms with Crippen molar-refractivity contribution in [3.8, 4) is 6.07 Å². The lowest BCUT2D eigenvalue weighted by Crippen LogP contribution is -2.54. The summed E-state index contributed by atoms with van der Waals surface area (Å²) in [6.07, 6.45) is 5.66. The molecule has 0 radical (unpaired) electrons. The molecule has 0 bridgehead atoms. The molecule has 2 aliphatic rings. The highest BCUT2D eigenvalue weighted by molar-refractivity contribution is 5.77. The Morgan fingerprint density at radius 1 is 1.37 bits per heavy atom. The van der Waals surface area contributed by atoms with Gasteiger partial charge in [-0.25, -0.2) is 9.97 Å². The normalized spacial score (nSPS) is 26.3. The zero-order valence-corrected chi connectivity index (χ0v) is 10.5. The number of nitrogens with one attached hydrogen (secondary N) is 1. The van der Waals surface area contributed by atoms with E-state index < -0.39 is 0 Å². The molecule has 6 heteroatoms. The standard InChI is InChI=1S/C13H15N5O/c14-5-10-6-16-12(7-15-10)18-4-3-11-9(8-18)1-2-13(19)17-11/h6-7,9,11H,1-4,8H2,(H,17,19). The first kappa shape index (κ1) is 11.9. The summed E-state index contributed by atoms with van der Waals surface area (Å²) in [5, 5.41) is 11.8. The molecule has 1 N–H and O–H groups in total. The highest BCUT2D eigenvalue weighted by atomic mass is 16.1. The summed E-state index contributed by atoms with van der Waals surface area (Å²) >= 11 is 0. The van der Waals surface area contributed by atoms with Crippen molar-refractivity contribution in [2.24, 2.45) is 5.92 Å². The van der Waals surface area contributed by atoms with Crippen molar-refractivity contribution in [1.82, 2.24) is 15.3 Å². The Hall–Kier alpha value is -2.16. The number of carbonyl (C=O) groups is 1. The summed E-state index contributed by atoms with van der Waals surface area (Å²) in [6.45, 7) is 1.76. The number of amides is 1. The first-order valence-electron chi connectivity index (χ1n) is 6.53. The third kappa shape index (κ3) is 2.36. The molecule has 19 heavy (non-hydrogen) atoms. The molecule has 2 unspecified atom stereocenters. The zero-order chi connectivity index (χ0) is 13.2. The van der Waals surface area contributed by atoms with Gasteiger partial charge in [-0.2, -0.15) is 5.26 Å². The number of piperidine rings is 2. The van der Waals surface area contributed by atoms with Crippen molar-refractivity contribution in [2.45, 2.75) is 25.3 Å². The van der Waals surface area contributed by atoms with Crippen molar-refractivity contribution in [3.05, 3.63) is 18.1 Å². The van der Waals surface area contributed by atoms with Crippen LogP contribution < -0.4 is 10.2 Å². The van der Waals surface area contributed by atoms with Crippen molar-refractivity contribution in [1.29, 1.82) is 5.26 Å². The molecular formula is C13H15N5O. The summed E-state index contributed by atoms with van der Waals surface area (Å²) in [7, 11) is 0. The van der Waals surface area contributed by atoms with Gasteiger partial charge >= 0.3 is 0 Å². The number of hydrogen-bond acceptors (Lipinski definition) is 5. The average Bonchev–Trinajstić information content (AvgIpc) is 2.47. The summed E-state index contributed by atoms with van der Waals surface area (Å²) in [6, 6.07) is 2.28. The van der Waals surface area contributed by atoms with E-state index in [1.54, 1.807) is 6.20 Å². The van der Waals surface area contributed by atoms with E-state index in [2.05, 4.69) is 20.2 Å². The van der Waals surface area contributed by atoms with Crippen molar-refractivity contribution >= 4 is 11.7 Å². The summed E-state index contributed by atoms with van der Waals surface area (Å²) < 4.78 is 0. The van der Waals surface area contributed by atoms with E-state index in [9.17, 15) is 4.79 Å². The Bertz CT molecular complexity index is 521. The van der Waals surface area contributed by atoms with Crippen LogP contribution in [0, 0.1) is 17.2 Å². The minimum absolute atomic E-state index is 0.174. The molecule has 2 atom stereocenters. The lowest BCUT2D eigenvalue weighted by Gasteiger charge is -2.41. The summed E-state index contributed by atoms with van der Waals surface area (Å²) in [5.41, 5.74) is 0.337. The van der Waals surface area contributed by atoms with Crippen molar-refractivity contribution in [3.63, 3.8) is 0 Å². The third-order valence-corrected chi connectivity index (χ3v) is 3.90. The zero-order valence-electron chi connectivity index (χ0n) is 10.5. The average molecular weight is 257 g/mol. The van der Waals surface area contributed by atoms with Gasteiger partial charge in [-0.1, -0.05) is 0 Å². The second-order valence-electron chi connectivity index (χ2n) is 5.08. The number of hydrogen-bond donors (Lipinski definition) is 1. The fraction of sp³-hybridized carbons (Fsp3) is 0.538. The van der Waals surface area contributed by atoms with Gasteiger partial charge in [0, 0.05) is 25.6 Å². The number of aromatic nitrogens is 2. The van der Waals surface area contributed by atoms with Crippen LogP contribution in [0.25, 0.3) is 0 Å². The van der Waals surface area contributed by atoms with Crippen LogP contribution in [-0.2, 0) is 4.79 Å². The Labute approximate surface area is 111 Å². The van der Waals surface area contributed by atoms with Gasteiger partial charge in [0.25, 0.3) is 0 Å². The van der Waals surface area contributed by atoms with Crippen LogP contribution in [-0.4, -0.2) is 35.0 Å². The molecule has 1 aromatic rings. The minimum Gasteiger partial charge on any atom is -0.355 e. The Kier molecular flexibility index (Phi) is 3.03. The maximum atomic E-state index is 11.4. The van der Waals surface area contributed by atoms with E-state index in [-0.39, 0.29) is 5.91 Å². The van der Waals surface area contributed by atoms with Crippen LogP contribution in [0.15, 0.2) is 12.4 Å². The molecule has 3 heterocycles. The van der Waals surface area contributed by atoms with E-state index >= 15 is 0 Å². The second kappa shape index (κ2) is 4.84. The van der Waals surface area contributed by atoms with Crippen molar-refractivity contribution < 1.29 is 4.79 Å². The second-order valence-corrected chi connectivity index (χ2v) is 5.08. The van der Waals surface area contributed by atoms with Crippen LogP contribution >= 0.6 is 0 Å². The predicted octanol–water partition coefficient (Wildman–Crippen LogP) is 0.453. The van der Waals surface area contributed by atoms with Gasteiger partial charge in [-0.15, -0.1) is 0 Å². The van der Waals surface area contributed by atoms with Crippen LogP contribution in [0.4, 0.5) is 5.82 Å². The van der Waals surface area contributed by atoms with E-state index in [0.717, 1.165) is 31.7 Å². The topological polar surface area (TPSA) is 81.9 Å². The smallest absolute Gasteiger partial charge is 0.220 e. The SMILES string of the molecule is N#Cc1cnc(N2CCC3NC(=O)CCC3C2)cn1. The van der Waals surface area contributed by atoms with Gasteiger partial charge in [0.1, 0.15) is 11.9 Å². The number of rotatable bonds is 1. The summed E-state index contributed by atoms with van der Waals surface area (Å²) in [5.74, 6) is 1.48. The molecule has 2 saturated heterocycles. The largest absolute Gasteiger partial charge is 0.355 e. The molecule has 98 valence electrons. The van der Waals surface area contributed by atoms with Gasteiger partial charge in [-0.3, -0.25) is 4.79 Å². The fourth-order valence-electron chi connectivity index (χ4n) is 2.86. The molecular weight excluding hydrogens is 242 g/mol. The third-order valence-electron chi connectivity index (χ3n) is 3.90. The lowest BCUT2D eigenvalue weighted by atomic mass is 9.85. The van der Waals surface area contributed by atoms with E-state index in [1.807, 2.05) is 6.07 Å². The maximum absolute atomic E-state index is 11.4. The monoisotopic (exact) mass is 257 g/mol. The van der Waals surface area contributed by atoms with Gasteiger partial charge in [0.05, 0.1) is 12.4 Å². The van der Waals surface area contributed by atoms with E-state index in [4.69, 9.17) is 5.26 Å². The highest BCUT2D eigenvalue weighted by Crippen LogP contribution is 2.27. The lowest BCUT2D eigenvalue weighted by molar-refractivity contribution is -0.124. The van der Waals surface area contributed by atoms with Crippen LogP contribution in [0.2, 0.25) is 0 Å². The Balaban J connectivity index is 1.70. The fourth-order valence-corrected chi connectivity index (χ4v) is 2.86. The number of anilines is 1. The number of nitriles is 1. The Morgan fingerprint density at radius 3 is 3.00 bits per heavy atom.